The average molecular weight is 629 g/mol. The van der Waals surface area contributed by atoms with Crippen LogP contribution in [0, 0.1) is 17.8 Å². The summed E-state index contributed by atoms with van der Waals surface area (Å²) in [6.07, 6.45) is 9.59. The molecule has 8 nitrogen and oxygen atoms in total. The monoisotopic (exact) mass is 628 g/mol. The molecule has 0 radical (unpaired) electrons. The highest BCUT2D eigenvalue weighted by Crippen LogP contribution is 2.48. The number of rotatable bonds is 8. The molecule has 1 saturated carbocycles. The van der Waals surface area contributed by atoms with Crippen molar-refractivity contribution in [3.63, 3.8) is 0 Å². The Hall–Kier alpha value is -2.59. The normalized spacial score (nSPS) is 27.7. The summed E-state index contributed by atoms with van der Waals surface area (Å²) < 4.78 is 35.9. The number of hydrogen-bond donors (Lipinski definition) is 2. The van der Waals surface area contributed by atoms with Gasteiger partial charge in [-0.3, -0.25) is 0 Å². The lowest BCUT2D eigenvalue weighted by Crippen LogP contribution is -2.50. The van der Waals surface area contributed by atoms with Crippen molar-refractivity contribution in [2.45, 2.75) is 62.9 Å². The zero-order chi connectivity index (χ0) is 30.4. The van der Waals surface area contributed by atoms with E-state index in [-0.39, 0.29) is 28.8 Å². The summed E-state index contributed by atoms with van der Waals surface area (Å²) in [6, 6.07) is 11.4. The predicted molar refractivity (Wildman–Crippen MR) is 168 cm³/mol. The maximum absolute atomic E-state index is 12.0. The largest absolute Gasteiger partial charge is 0.490 e. The molecular weight excluding hydrogens is 588 g/mol. The Labute approximate surface area is 259 Å². The maximum atomic E-state index is 12.0. The van der Waals surface area contributed by atoms with Crippen LogP contribution in [-0.4, -0.2) is 58.2 Å². The van der Waals surface area contributed by atoms with E-state index < -0.39 is 16.0 Å². The third kappa shape index (κ3) is 6.32. The van der Waals surface area contributed by atoms with E-state index >= 15 is 0 Å². The number of nitrogens with zero attached hydrogens (tertiary/aromatic N) is 1. The van der Waals surface area contributed by atoms with Gasteiger partial charge >= 0.3 is 5.97 Å². The number of carboxylic acids is 1. The van der Waals surface area contributed by atoms with Crippen LogP contribution < -0.4 is 14.8 Å². The molecule has 0 bridgehead atoms. The Balaban J connectivity index is 1.28. The van der Waals surface area contributed by atoms with Gasteiger partial charge in [0.1, 0.15) is 5.75 Å². The molecule has 5 atom stereocenters. The topological polar surface area (TPSA) is 119 Å². The number of primary sulfonamides is 1. The lowest BCUT2D eigenvalue weighted by Gasteiger charge is -2.47. The second-order valence-corrected chi connectivity index (χ2v) is 15.1. The fraction of sp³-hybridized carbons (Fsp3) is 0.545. The van der Waals surface area contributed by atoms with Crippen LogP contribution in [0.4, 0.5) is 5.69 Å². The number of fused-ring (bicyclic) bond motifs is 3. The fourth-order valence-electron chi connectivity index (χ4n) is 8.00. The summed E-state index contributed by atoms with van der Waals surface area (Å²) in [5.41, 5.74) is 4.65. The van der Waals surface area contributed by atoms with Crippen LogP contribution in [-0.2, 0) is 26.6 Å². The van der Waals surface area contributed by atoms with Gasteiger partial charge in [0.25, 0.3) is 0 Å². The number of hydrogen-bond acceptors (Lipinski definition) is 6. The summed E-state index contributed by atoms with van der Waals surface area (Å²) >= 11 is 6.39. The van der Waals surface area contributed by atoms with E-state index in [9.17, 15) is 18.3 Å². The van der Waals surface area contributed by atoms with Gasteiger partial charge in [0, 0.05) is 30.6 Å². The molecule has 3 N–H and O–H groups in total. The van der Waals surface area contributed by atoms with Crippen LogP contribution in [0.15, 0.2) is 48.0 Å². The number of ether oxygens (including phenoxy) is 2. The molecular formula is C33H41ClN2O6S. The third-order valence-corrected chi connectivity index (χ3v) is 11.4. The minimum Gasteiger partial charge on any atom is -0.490 e. The Bertz CT molecular complexity index is 1530. The predicted octanol–water partition coefficient (Wildman–Crippen LogP) is 5.57. The Morgan fingerprint density at radius 2 is 2.05 bits per heavy atom. The van der Waals surface area contributed by atoms with Gasteiger partial charge in [-0.1, -0.05) is 23.7 Å². The number of anilines is 1. The first-order valence-electron chi connectivity index (χ1n) is 15.3. The zero-order valence-electron chi connectivity index (χ0n) is 24.6. The van der Waals surface area contributed by atoms with Crippen molar-refractivity contribution in [3.05, 3.63) is 69.8 Å². The molecule has 0 aromatic heterocycles. The second kappa shape index (κ2) is 12.1. The number of carbonyl (C=O) groups is 1. The second-order valence-electron chi connectivity index (χ2n) is 13.0. The molecule has 0 saturated heterocycles. The SMILES string of the molecule is CO[C@H](C1=CC[C@H](CS(N)(=O)=O)CC1)[C@@H]1CC[C@H]1CN1CC2(CCCc3cc(Cl)ccc32)COc2ccc(C(=O)O)cc21. The van der Waals surface area contributed by atoms with Crippen molar-refractivity contribution in [1.29, 1.82) is 0 Å². The van der Waals surface area contributed by atoms with Crippen LogP contribution >= 0.6 is 11.6 Å². The number of nitrogens with two attached hydrogens (primary N) is 1. The first kappa shape index (κ1) is 30.4. The molecule has 1 spiro atoms. The molecule has 2 aromatic carbocycles. The molecule has 232 valence electrons. The Morgan fingerprint density at radius 3 is 2.72 bits per heavy atom. The van der Waals surface area contributed by atoms with Gasteiger partial charge in [-0.25, -0.2) is 18.4 Å². The van der Waals surface area contributed by atoms with Crippen molar-refractivity contribution < 1.29 is 27.8 Å². The maximum Gasteiger partial charge on any atom is 0.335 e. The van der Waals surface area contributed by atoms with Crippen LogP contribution in [0.2, 0.25) is 5.02 Å². The Morgan fingerprint density at radius 1 is 1.21 bits per heavy atom. The van der Waals surface area contributed by atoms with E-state index in [2.05, 4.69) is 23.1 Å². The van der Waals surface area contributed by atoms with E-state index in [4.69, 9.17) is 26.2 Å². The van der Waals surface area contributed by atoms with Crippen molar-refractivity contribution in [3.8, 4) is 5.75 Å². The molecule has 1 fully saturated rings. The number of halogens is 1. The fourth-order valence-corrected chi connectivity index (χ4v) is 9.15. The van der Waals surface area contributed by atoms with Crippen molar-refractivity contribution >= 4 is 33.3 Å². The molecule has 1 unspecified atom stereocenters. The summed E-state index contributed by atoms with van der Waals surface area (Å²) in [6.45, 7) is 2.03. The molecule has 1 heterocycles. The summed E-state index contributed by atoms with van der Waals surface area (Å²) in [5.74, 6) is 0.525. The lowest BCUT2D eigenvalue weighted by atomic mass is 9.66. The summed E-state index contributed by atoms with van der Waals surface area (Å²) in [5, 5.41) is 15.9. The molecule has 4 aliphatic rings. The van der Waals surface area contributed by atoms with Gasteiger partial charge in [-0.05, 0) is 116 Å². The molecule has 3 aliphatic carbocycles. The smallest absolute Gasteiger partial charge is 0.335 e. The van der Waals surface area contributed by atoms with Crippen molar-refractivity contribution in [2.24, 2.45) is 22.9 Å². The van der Waals surface area contributed by atoms with Crippen LogP contribution in [0.25, 0.3) is 0 Å². The number of benzene rings is 2. The van der Waals surface area contributed by atoms with E-state index in [1.54, 1.807) is 25.3 Å². The number of carboxylic acid groups (broad SMARTS) is 1. The first-order valence-corrected chi connectivity index (χ1v) is 17.4. The number of aryl methyl sites for hydroxylation is 1. The van der Waals surface area contributed by atoms with Crippen LogP contribution in [0.1, 0.15) is 66.4 Å². The van der Waals surface area contributed by atoms with Gasteiger partial charge in [-0.2, -0.15) is 0 Å². The zero-order valence-corrected chi connectivity index (χ0v) is 26.2. The minimum absolute atomic E-state index is 0.0197. The van der Waals surface area contributed by atoms with Crippen molar-refractivity contribution in [2.75, 3.05) is 37.5 Å². The summed E-state index contributed by atoms with van der Waals surface area (Å²) in [4.78, 5) is 14.4. The molecule has 2 aromatic rings. The van der Waals surface area contributed by atoms with E-state index in [1.807, 2.05) is 6.07 Å². The molecule has 6 rings (SSSR count). The molecule has 10 heteroatoms. The highest BCUT2D eigenvalue weighted by molar-refractivity contribution is 7.89. The highest BCUT2D eigenvalue weighted by Gasteiger charge is 2.45. The van der Waals surface area contributed by atoms with Gasteiger partial charge in [0.15, 0.2) is 0 Å². The highest BCUT2D eigenvalue weighted by atomic mass is 35.5. The van der Waals surface area contributed by atoms with Gasteiger partial charge in [0.05, 0.1) is 29.7 Å². The quantitative estimate of drug-likeness (QED) is 0.367. The molecule has 1 aliphatic heterocycles. The molecule has 0 amide bonds. The number of allylic oxidation sites excluding steroid dienone is 1. The number of sulfonamides is 1. The third-order valence-electron chi connectivity index (χ3n) is 10.2. The van der Waals surface area contributed by atoms with E-state index in [0.717, 1.165) is 74.5 Å². The Kier molecular flexibility index (Phi) is 8.54. The van der Waals surface area contributed by atoms with Gasteiger partial charge < -0.3 is 19.5 Å². The van der Waals surface area contributed by atoms with Gasteiger partial charge in [-0.15, -0.1) is 0 Å². The van der Waals surface area contributed by atoms with Gasteiger partial charge in [0.2, 0.25) is 10.0 Å². The summed E-state index contributed by atoms with van der Waals surface area (Å²) in [7, 11) is -1.72. The van der Waals surface area contributed by atoms with Crippen LogP contribution in [0.5, 0.6) is 5.75 Å². The number of methoxy groups -OCH3 is 1. The first-order chi connectivity index (χ1) is 20.5. The van der Waals surface area contributed by atoms with E-state index in [0.29, 0.717) is 24.9 Å². The standard InChI is InChI=1S/C33H41ClN2O6S/c1-41-31(22-6-4-21(5-7-22)18-43(35,39)40)27-11-8-25(27)17-36-19-33(14-2-3-23-15-26(34)10-12-28(23)33)20-42-30-13-9-24(32(37)38)16-29(30)36/h6,9-10,12-13,15-16,21,25,27,31H,2-5,7-8,11,14,17-20H2,1H3,(H,37,38)(H2,35,39,40)/t21-,25-,27+,31+,33?/m0/s1. The van der Waals surface area contributed by atoms with E-state index in [1.165, 1.54) is 16.7 Å². The van der Waals surface area contributed by atoms with Crippen molar-refractivity contribution in [1.82, 2.24) is 0 Å². The molecule has 43 heavy (non-hydrogen) atoms. The van der Waals surface area contributed by atoms with Crippen LogP contribution in [0.3, 0.4) is 0 Å². The minimum atomic E-state index is -3.49. The lowest BCUT2D eigenvalue weighted by molar-refractivity contribution is 0.00323. The number of aromatic carboxylic acids is 1. The average Bonchev–Trinajstić information content (AvgIpc) is 3.10.